The average molecular weight is 301 g/mol. The molecule has 3 rings (SSSR count). The first kappa shape index (κ1) is 15.5. The first-order chi connectivity index (χ1) is 11.0. The minimum atomic E-state index is 0.290. The minimum absolute atomic E-state index is 0.290. The predicted molar refractivity (Wildman–Crippen MR) is 98.3 cm³/mol. The molecule has 0 aliphatic carbocycles. The van der Waals surface area contributed by atoms with Crippen LogP contribution in [0.2, 0.25) is 0 Å². The molecule has 1 aromatic heterocycles. The van der Waals surface area contributed by atoms with Crippen molar-refractivity contribution in [3.05, 3.63) is 78.5 Å². The summed E-state index contributed by atoms with van der Waals surface area (Å²) in [4.78, 5) is 4.57. The summed E-state index contributed by atoms with van der Waals surface area (Å²) in [5.74, 6) is 0. The highest BCUT2D eigenvalue weighted by atomic mass is 14.7. The third-order valence-corrected chi connectivity index (χ3v) is 3.82. The average Bonchev–Trinajstić information content (AvgIpc) is 2.54. The fraction of sp³-hybridized carbons (Fsp3) is 0.227. The first-order valence-corrected chi connectivity index (χ1v) is 8.12. The molecule has 0 radical (unpaired) electrons. The fourth-order valence-electron chi connectivity index (χ4n) is 2.85. The van der Waals surface area contributed by atoms with Crippen LogP contribution in [0.5, 0.6) is 0 Å². The van der Waals surface area contributed by atoms with Crippen molar-refractivity contribution in [2.45, 2.75) is 27.2 Å². The van der Waals surface area contributed by atoms with E-state index in [1.54, 1.807) is 0 Å². The minimum Gasteiger partial charge on any atom is -0.256 e. The molecule has 2 aromatic carbocycles. The van der Waals surface area contributed by atoms with Gasteiger partial charge in [0, 0.05) is 11.8 Å². The molecule has 1 heteroatoms. The maximum atomic E-state index is 4.57. The van der Waals surface area contributed by atoms with E-state index in [-0.39, 0.29) is 5.41 Å². The Hall–Kier alpha value is -2.41. The molecule has 23 heavy (non-hydrogen) atoms. The Kier molecular flexibility index (Phi) is 4.29. The summed E-state index contributed by atoms with van der Waals surface area (Å²) in [5.41, 5.74) is 6.30. The van der Waals surface area contributed by atoms with Crippen molar-refractivity contribution in [1.29, 1.82) is 0 Å². The van der Waals surface area contributed by atoms with E-state index in [1.165, 1.54) is 22.3 Å². The molecule has 0 saturated heterocycles. The molecule has 3 aromatic rings. The van der Waals surface area contributed by atoms with Crippen molar-refractivity contribution in [2.75, 3.05) is 0 Å². The second-order valence-corrected chi connectivity index (χ2v) is 7.23. The van der Waals surface area contributed by atoms with Gasteiger partial charge in [0.2, 0.25) is 0 Å². The second-order valence-electron chi connectivity index (χ2n) is 7.23. The molecule has 0 atom stereocenters. The Labute approximate surface area is 139 Å². The van der Waals surface area contributed by atoms with E-state index in [4.69, 9.17) is 0 Å². The smallest absolute Gasteiger partial charge is 0.0708 e. The van der Waals surface area contributed by atoms with Crippen LogP contribution in [0.25, 0.3) is 22.4 Å². The molecule has 116 valence electrons. The van der Waals surface area contributed by atoms with Gasteiger partial charge in [-0.1, -0.05) is 69.3 Å². The number of pyridine rings is 1. The van der Waals surface area contributed by atoms with E-state index in [1.807, 2.05) is 12.3 Å². The lowest BCUT2D eigenvalue weighted by Crippen LogP contribution is -2.09. The van der Waals surface area contributed by atoms with Crippen molar-refractivity contribution in [2.24, 2.45) is 5.41 Å². The second kappa shape index (κ2) is 6.37. The molecule has 0 fully saturated rings. The van der Waals surface area contributed by atoms with Crippen molar-refractivity contribution in [3.8, 4) is 22.4 Å². The van der Waals surface area contributed by atoms with Crippen molar-refractivity contribution in [3.63, 3.8) is 0 Å². The van der Waals surface area contributed by atoms with Gasteiger partial charge in [0.05, 0.1) is 5.69 Å². The maximum absolute atomic E-state index is 4.57. The van der Waals surface area contributed by atoms with Gasteiger partial charge in [-0.15, -0.1) is 0 Å². The maximum Gasteiger partial charge on any atom is 0.0708 e. The van der Waals surface area contributed by atoms with Crippen molar-refractivity contribution >= 4 is 0 Å². The lowest BCUT2D eigenvalue weighted by molar-refractivity contribution is 0.411. The summed E-state index contributed by atoms with van der Waals surface area (Å²) in [7, 11) is 0. The topological polar surface area (TPSA) is 12.9 Å². The number of nitrogens with zero attached hydrogens (tertiary/aromatic N) is 1. The zero-order chi connectivity index (χ0) is 16.3. The molecule has 0 saturated carbocycles. The van der Waals surface area contributed by atoms with Gasteiger partial charge in [0.25, 0.3) is 0 Å². The van der Waals surface area contributed by atoms with Gasteiger partial charge in [-0.2, -0.15) is 0 Å². The molecule has 0 N–H and O–H groups in total. The third kappa shape index (κ3) is 4.07. The van der Waals surface area contributed by atoms with Gasteiger partial charge in [-0.25, -0.2) is 0 Å². The molecule has 0 amide bonds. The van der Waals surface area contributed by atoms with Crippen LogP contribution in [0, 0.1) is 5.41 Å². The van der Waals surface area contributed by atoms with Gasteiger partial charge in [-0.05, 0) is 46.7 Å². The van der Waals surface area contributed by atoms with Gasteiger partial charge in [0.15, 0.2) is 0 Å². The molecule has 0 bridgehead atoms. The standard InChI is InChI=1S/C22H23N/c1-22(2,3)16-17-8-7-11-20(14-17)21-15-19(12-13-23-21)18-9-5-4-6-10-18/h4-15H,16H2,1-3H3. The SMILES string of the molecule is CC(C)(C)Cc1cccc(-c2cc(-c3ccccc3)ccn2)c1. The van der Waals surface area contributed by atoms with E-state index in [2.05, 4.69) is 86.4 Å². The Bertz CT molecular complexity index is 782. The molecular weight excluding hydrogens is 278 g/mol. The van der Waals surface area contributed by atoms with Crippen molar-refractivity contribution in [1.82, 2.24) is 4.98 Å². The Morgan fingerprint density at radius 3 is 2.22 bits per heavy atom. The van der Waals surface area contributed by atoms with Crippen LogP contribution in [-0.2, 0) is 6.42 Å². The molecule has 0 aliphatic heterocycles. The van der Waals surface area contributed by atoms with Gasteiger partial charge in [-0.3, -0.25) is 4.98 Å². The highest BCUT2D eigenvalue weighted by molar-refractivity contribution is 5.70. The highest BCUT2D eigenvalue weighted by Gasteiger charge is 2.12. The Morgan fingerprint density at radius 1 is 0.739 bits per heavy atom. The quantitative estimate of drug-likeness (QED) is 0.577. The summed E-state index contributed by atoms with van der Waals surface area (Å²) < 4.78 is 0. The van der Waals surface area contributed by atoms with Gasteiger partial charge in [0.1, 0.15) is 0 Å². The van der Waals surface area contributed by atoms with Crippen LogP contribution in [0.1, 0.15) is 26.3 Å². The summed E-state index contributed by atoms with van der Waals surface area (Å²) in [6.45, 7) is 6.82. The molecule has 1 nitrogen and oxygen atoms in total. The first-order valence-electron chi connectivity index (χ1n) is 8.12. The number of hydrogen-bond donors (Lipinski definition) is 0. The van der Waals surface area contributed by atoms with Crippen LogP contribution in [0.3, 0.4) is 0 Å². The number of rotatable bonds is 3. The molecule has 0 spiro atoms. The van der Waals surface area contributed by atoms with E-state index in [0.29, 0.717) is 0 Å². The van der Waals surface area contributed by atoms with Crippen LogP contribution in [0.15, 0.2) is 72.9 Å². The summed E-state index contributed by atoms with van der Waals surface area (Å²) in [5, 5.41) is 0. The third-order valence-electron chi connectivity index (χ3n) is 3.82. The van der Waals surface area contributed by atoms with Gasteiger partial charge >= 0.3 is 0 Å². The van der Waals surface area contributed by atoms with E-state index in [9.17, 15) is 0 Å². The number of benzene rings is 2. The van der Waals surface area contributed by atoms with Crippen LogP contribution >= 0.6 is 0 Å². The zero-order valence-electron chi connectivity index (χ0n) is 14.1. The number of aromatic nitrogens is 1. The molecular formula is C22H23N. The van der Waals surface area contributed by atoms with Crippen LogP contribution < -0.4 is 0 Å². The monoisotopic (exact) mass is 301 g/mol. The zero-order valence-corrected chi connectivity index (χ0v) is 14.1. The van der Waals surface area contributed by atoms with E-state index in [0.717, 1.165) is 12.1 Å². The fourth-order valence-corrected chi connectivity index (χ4v) is 2.85. The van der Waals surface area contributed by atoms with Crippen LogP contribution in [-0.4, -0.2) is 4.98 Å². The lowest BCUT2D eigenvalue weighted by atomic mass is 9.87. The summed E-state index contributed by atoms with van der Waals surface area (Å²) >= 11 is 0. The molecule has 0 unspecified atom stereocenters. The van der Waals surface area contributed by atoms with E-state index >= 15 is 0 Å². The van der Waals surface area contributed by atoms with E-state index < -0.39 is 0 Å². The summed E-state index contributed by atoms with van der Waals surface area (Å²) in [6, 6.07) is 23.4. The van der Waals surface area contributed by atoms with Crippen molar-refractivity contribution < 1.29 is 0 Å². The van der Waals surface area contributed by atoms with Gasteiger partial charge < -0.3 is 0 Å². The largest absolute Gasteiger partial charge is 0.256 e. The lowest BCUT2D eigenvalue weighted by Gasteiger charge is -2.18. The highest BCUT2D eigenvalue weighted by Crippen LogP contribution is 2.27. The predicted octanol–water partition coefficient (Wildman–Crippen LogP) is 6.00. The molecule has 0 aliphatic rings. The Morgan fingerprint density at radius 2 is 1.48 bits per heavy atom. The summed E-state index contributed by atoms with van der Waals surface area (Å²) in [6.07, 6.45) is 2.97. The number of hydrogen-bond acceptors (Lipinski definition) is 1. The van der Waals surface area contributed by atoms with Crippen LogP contribution in [0.4, 0.5) is 0 Å². The molecule has 1 heterocycles. The Balaban J connectivity index is 1.95. The normalized spacial score (nSPS) is 11.4.